The molecule has 4 heteroatoms. The lowest BCUT2D eigenvalue weighted by molar-refractivity contribution is 0.700. The maximum atomic E-state index is 12.1. The molecule has 1 atom stereocenters. The van der Waals surface area contributed by atoms with Crippen LogP contribution < -0.4 is 10.9 Å². The number of aromatic nitrogens is 2. The van der Waals surface area contributed by atoms with E-state index in [1.165, 1.54) is 0 Å². The molecule has 0 fully saturated rings. The molecule has 0 aliphatic heterocycles. The second kappa shape index (κ2) is 6.18. The first-order valence-corrected chi connectivity index (χ1v) is 6.63. The molecule has 100 valence electrons. The van der Waals surface area contributed by atoms with Gasteiger partial charge in [-0.15, -0.1) is 0 Å². The Labute approximate surface area is 113 Å². The fourth-order valence-electron chi connectivity index (χ4n) is 2.07. The minimum atomic E-state index is -0.0700. The van der Waals surface area contributed by atoms with Crippen molar-refractivity contribution in [1.29, 1.82) is 0 Å². The zero-order valence-electron chi connectivity index (χ0n) is 11.3. The summed E-state index contributed by atoms with van der Waals surface area (Å²) in [6, 6.07) is 10.2. The van der Waals surface area contributed by atoms with Crippen LogP contribution in [0.4, 0.5) is 5.82 Å². The van der Waals surface area contributed by atoms with Crippen LogP contribution in [0.15, 0.2) is 47.5 Å². The molecule has 4 nitrogen and oxygen atoms in total. The molecule has 0 bridgehead atoms. The van der Waals surface area contributed by atoms with Crippen molar-refractivity contribution in [2.45, 2.75) is 32.9 Å². The quantitative estimate of drug-likeness (QED) is 0.896. The Balaban J connectivity index is 2.27. The predicted octanol–water partition coefficient (Wildman–Crippen LogP) is 2.83. The number of hydrogen-bond acceptors (Lipinski definition) is 3. The number of nitrogens with zero attached hydrogens (tertiary/aromatic N) is 2. The lowest BCUT2D eigenvalue weighted by Crippen LogP contribution is -2.25. The van der Waals surface area contributed by atoms with E-state index in [1.807, 2.05) is 25.1 Å². The standard InChI is InChI=1S/C15H19N3O/c1-3-13(12-8-6-5-7-9-12)17-14-15(19)18(4-2)11-10-16-14/h5-11,13H,3-4H2,1-2H3,(H,16,17). The van der Waals surface area contributed by atoms with E-state index in [0.29, 0.717) is 12.4 Å². The Hall–Kier alpha value is -2.10. The Kier molecular flexibility index (Phi) is 4.34. The van der Waals surface area contributed by atoms with Crippen molar-refractivity contribution in [1.82, 2.24) is 9.55 Å². The van der Waals surface area contributed by atoms with Gasteiger partial charge >= 0.3 is 0 Å². The van der Waals surface area contributed by atoms with Crippen LogP contribution in [0.1, 0.15) is 31.9 Å². The molecule has 1 aromatic heterocycles. The smallest absolute Gasteiger partial charge is 0.293 e. The van der Waals surface area contributed by atoms with E-state index in [1.54, 1.807) is 17.0 Å². The van der Waals surface area contributed by atoms with Crippen LogP contribution in [-0.4, -0.2) is 9.55 Å². The van der Waals surface area contributed by atoms with Crippen LogP contribution in [-0.2, 0) is 6.54 Å². The van der Waals surface area contributed by atoms with Gasteiger partial charge in [-0.25, -0.2) is 4.98 Å². The first-order valence-electron chi connectivity index (χ1n) is 6.63. The van der Waals surface area contributed by atoms with Gasteiger partial charge in [0.1, 0.15) is 0 Å². The molecule has 0 spiro atoms. The molecule has 0 aliphatic rings. The van der Waals surface area contributed by atoms with Crippen molar-refractivity contribution >= 4 is 5.82 Å². The molecular formula is C15H19N3O. The van der Waals surface area contributed by atoms with Gasteiger partial charge in [-0.1, -0.05) is 37.3 Å². The topological polar surface area (TPSA) is 46.9 Å². The Bertz CT molecular complexity index is 577. The number of rotatable bonds is 5. The summed E-state index contributed by atoms with van der Waals surface area (Å²) in [5.74, 6) is 0.417. The molecule has 0 radical (unpaired) electrons. The van der Waals surface area contributed by atoms with E-state index in [0.717, 1.165) is 12.0 Å². The van der Waals surface area contributed by atoms with Gasteiger partial charge < -0.3 is 9.88 Å². The van der Waals surface area contributed by atoms with E-state index in [4.69, 9.17) is 0 Å². The highest BCUT2D eigenvalue weighted by Crippen LogP contribution is 2.19. The van der Waals surface area contributed by atoms with Crippen molar-refractivity contribution in [3.05, 3.63) is 58.6 Å². The SMILES string of the molecule is CCC(Nc1nccn(CC)c1=O)c1ccccc1. The summed E-state index contributed by atoms with van der Waals surface area (Å²) < 4.78 is 1.65. The van der Waals surface area contributed by atoms with E-state index < -0.39 is 0 Å². The Morgan fingerprint density at radius 3 is 2.63 bits per heavy atom. The van der Waals surface area contributed by atoms with Gasteiger partial charge in [0.25, 0.3) is 5.56 Å². The van der Waals surface area contributed by atoms with Crippen LogP contribution in [0.3, 0.4) is 0 Å². The highest BCUT2D eigenvalue weighted by atomic mass is 16.1. The highest BCUT2D eigenvalue weighted by molar-refractivity contribution is 5.36. The number of benzene rings is 1. The van der Waals surface area contributed by atoms with Crippen LogP contribution in [0.25, 0.3) is 0 Å². The maximum absolute atomic E-state index is 12.1. The highest BCUT2D eigenvalue weighted by Gasteiger charge is 2.12. The molecule has 1 N–H and O–H groups in total. The summed E-state index contributed by atoms with van der Waals surface area (Å²) in [7, 11) is 0. The lowest BCUT2D eigenvalue weighted by atomic mass is 10.0. The average molecular weight is 257 g/mol. The molecule has 1 aromatic carbocycles. The fraction of sp³-hybridized carbons (Fsp3) is 0.333. The molecule has 0 saturated carbocycles. The van der Waals surface area contributed by atoms with Crippen molar-refractivity contribution in [3.8, 4) is 0 Å². The molecule has 1 heterocycles. The second-order valence-corrected chi connectivity index (χ2v) is 4.38. The van der Waals surface area contributed by atoms with Crippen molar-refractivity contribution in [2.24, 2.45) is 0 Å². The number of anilines is 1. The number of aryl methyl sites for hydroxylation is 1. The Morgan fingerprint density at radius 2 is 2.00 bits per heavy atom. The van der Waals surface area contributed by atoms with E-state index >= 15 is 0 Å². The number of nitrogens with one attached hydrogen (secondary N) is 1. The van der Waals surface area contributed by atoms with Crippen molar-refractivity contribution in [3.63, 3.8) is 0 Å². The van der Waals surface area contributed by atoms with Gasteiger partial charge in [-0.3, -0.25) is 4.79 Å². The average Bonchev–Trinajstić information content (AvgIpc) is 2.47. The molecular weight excluding hydrogens is 238 g/mol. The first-order chi connectivity index (χ1) is 9.26. The Morgan fingerprint density at radius 1 is 1.26 bits per heavy atom. The third kappa shape index (κ3) is 3.02. The molecule has 19 heavy (non-hydrogen) atoms. The van der Waals surface area contributed by atoms with Gasteiger partial charge in [0, 0.05) is 18.9 Å². The van der Waals surface area contributed by atoms with Crippen molar-refractivity contribution in [2.75, 3.05) is 5.32 Å². The largest absolute Gasteiger partial charge is 0.359 e. The van der Waals surface area contributed by atoms with Gasteiger partial charge in [-0.2, -0.15) is 0 Å². The van der Waals surface area contributed by atoms with Crippen molar-refractivity contribution < 1.29 is 0 Å². The zero-order valence-corrected chi connectivity index (χ0v) is 11.3. The predicted molar refractivity (Wildman–Crippen MR) is 77.3 cm³/mol. The van der Waals surface area contributed by atoms with Crippen LogP contribution >= 0.6 is 0 Å². The third-order valence-corrected chi connectivity index (χ3v) is 3.18. The molecule has 0 amide bonds. The van der Waals surface area contributed by atoms with Crippen LogP contribution in [0, 0.1) is 0 Å². The summed E-state index contributed by atoms with van der Waals surface area (Å²) >= 11 is 0. The molecule has 0 aliphatic carbocycles. The maximum Gasteiger partial charge on any atom is 0.293 e. The fourth-order valence-corrected chi connectivity index (χ4v) is 2.07. The van der Waals surface area contributed by atoms with Gasteiger partial charge in [-0.05, 0) is 18.9 Å². The third-order valence-electron chi connectivity index (χ3n) is 3.18. The first kappa shape index (κ1) is 13.3. The van der Waals surface area contributed by atoms with Crippen LogP contribution in [0.2, 0.25) is 0 Å². The minimum Gasteiger partial charge on any atom is -0.359 e. The molecule has 2 rings (SSSR count). The minimum absolute atomic E-state index is 0.0700. The van der Waals surface area contributed by atoms with E-state index in [2.05, 4.69) is 29.4 Å². The summed E-state index contributed by atoms with van der Waals surface area (Å²) in [4.78, 5) is 16.3. The summed E-state index contributed by atoms with van der Waals surface area (Å²) in [5, 5.41) is 3.24. The summed E-state index contributed by atoms with van der Waals surface area (Å²) in [6.07, 6.45) is 4.26. The molecule has 2 aromatic rings. The van der Waals surface area contributed by atoms with Gasteiger partial charge in [0.05, 0.1) is 6.04 Å². The summed E-state index contributed by atoms with van der Waals surface area (Å²) in [6.45, 7) is 4.68. The molecule has 1 unspecified atom stereocenters. The zero-order chi connectivity index (χ0) is 13.7. The van der Waals surface area contributed by atoms with Crippen LogP contribution in [0.5, 0.6) is 0 Å². The monoisotopic (exact) mass is 257 g/mol. The second-order valence-electron chi connectivity index (χ2n) is 4.38. The lowest BCUT2D eigenvalue weighted by Gasteiger charge is -2.18. The summed E-state index contributed by atoms with van der Waals surface area (Å²) in [5.41, 5.74) is 1.09. The molecule has 0 saturated heterocycles. The van der Waals surface area contributed by atoms with Gasteiger partial charge in [0.2, 0.25) is 0 Å². The number of hydrogen-bond donors (Lipinski definition) is 1. The van der Waals surface area contributed by atoms with Gasteiger partial charge in [0.15, 0.2) is 5.82 Å². The van der Waals surface area contributed by atoms with E-state index in [-0.39, 0.29) is 11.6 Å². The van der Waals surface area contributed by atoms with E-state index in [9.17, 15) is 4.79 Å². The normalized spacial score (nSPS) is 12.1.